The van der Waals surface area contributed by atoms with E-state index in [1.54, 1.807) is 0 Å². The van der Waals surface area contributed by atoms with E-state index in [1.807, 2.05) is 0 Å². The lowest BCUT2D eigenvalue weighted by Gasteiger charge is -2.32. The molecule has 22 heavy (non-hydrogen) atoms. The Kier molecular flexibility index (Phi) is 4.99. The number of nitrogens with two attached hydrogens (primary N) is 1. The number of sulfonamides is 1. The number of rotatable bonds is 5. The molecule has 0 unspecified atom stereocenters. The van der Waals surface area contributed by atoms with E-state index in [0.717, 1.165) is 38.5 Å². The van der Waals surface area contributed by atoms with Crippen molar-refractivity contribution in [2.75, 3.05) is 25.0 Å². The van der Waals surface area contributed by atoms with Crippen LogP contribution in [-0.4, -0.2) is 43.9 Å². The molecule has 2 rings (SSSR count). The number of nitro benzene ring substituents is 1. The van der Waals surface area contributed by atoms with Crippen LogP contribution < -0.4 is 10.5 Å². The van der Waals surface area contributed by atoms with Gasteiger partial charge < -0.3 is 10.2 Å². The summed E-state index contributed by atoms with van der Waals surface area (Å²) in [4.78, 5) is 12.6. The van der Waals surface area contributed by atoms with E-state index >= 15 is 0 Å². The molecule has 1 aromatic rings. The highest BCUT2D eigenvalue weighted by molar-refractivity contribution is 7.89. The third-order valence-electron chi connectivity index (χ3n) is 3.81. The molecule has 1 heterocycles. The van der Waals surface area contributed by atoms with Crippen LogP contribution in [0.1, 0.15) is 19.8 Å². The highest BCUT2D eigenvalue weighted by Crippen LogP contribution is 2.29. The molecule has 3 N–H and O–H groups in total. The molecule has 122 valence electrons. The quantitative estimate of drug-likeness (QED) is 0.618. The van der Waals surface area contributed by atoms with Crippen molar-refractivity contribution < 1.29 is 13.3 Å². The minimum Gasteiger partial charge on any atom is -0.375 e. The molecule has 9 heteroatoms. The SMILES string of the molecule is CCN1CCC[C@H](Nc2ccc(S(N)(=O)=O)cc2[N+](=O)[O-])C1. The highest BCUT2D eigenvalue weighted by Gasteiger charge is 2.23. The van der Waals surface area contributed by atoms with Crippen LogP contribution >= 0.6 is 0 Å². The number of anilines is 1. The second kappa shape index (κ2) is 6.59. The largest absolute Gasteiger partial charge is 0.375 e. The van der Waals surface area contributed by atoms with Crippen LogP contribution in [0, 0.1) is 10.1 Å². The van der Waals surface area contributed by atoms with Crippen molar-refractivity contribution >= 4 is 21.4 Å². The van der Waals surface area contributed by atoms with Gasteiger partial charge in [-0.1, -0.05) is 6.92 Å². The molecule has 1 aliphatic rings. The second-order valence-electron chi connectivity index (χ2n) is 5.36. The molecular formula is C13H20N4O4S. The van der Waals surface area contributed by atoms with Gasteiger partial charge in [0.15, 0.2) is 0 Å². The van der Waals surface area contributed by atoms with Gasteiger partial charge in [-0.2, -0.15) is 0 Å². The Morgan fingerprint density at radius 1 is 1.50 bits per heavy atom. The lowest BCUT2D eigenvalue weighted by Crippen LogP contribution is -2.41. The molecule has 8 nitrogen and oxygen atoms in total. The number of nitro groups is 1. The van der Waals surface area contributed by atoms with Gasteiger partial charge in [-0.15, -0.1) is 0 Å². The minimum absolute atomic E-state index is 0.104. The van der Waals surface area contributed by atoms with Crippen molar-refractivity contribution in [2.45, 2.75) is 30.7 Å². The fourth-order valence-corrected chi connectivity index (χ4v) is 3.18. The predicted octanol–water partition coefficient (Wildman–Crippen LogP) is 1.14. The number of benzene rings is 1. The minimum atomic E-state index is -3.96. The van der Waals surface area contributed by atoms with Gasteiger partial charge in [0.05, 0.1) is 9.82 Å². The Morgan fingerprint density at radius 3 is 2.82 bits per heavy atom. The summed E-state index contributed by atoms with van der Waals surface area (Å²) >= 11 is 0. The number of nitrogens with zero attached hydrogens (tertiary/aromatic N) is 2. The molecule has 1 atom stereocenters. The van der Waals surface area contributed by atoms with Crippen LogP contribution in [0.4, 0.5) is 11.4 Å². The van der Waals surface area contributed by atoms with E-state index in [0.29, 0.717) is 5.69 Å². The molecule has 1 aromatic carbocycles. The molecule has 0 spiro atoms. The molecule has 0 aliphatic carbocycles. The maximum Gasteiger partial charge on any atom is 0.293 e. The Hall–Kier alpha value is -1.71. The molecule has 0 bridgehead atoms. The molecule has 1 saturated heterocycles. The number of likely N-dealkylation sites (tertiary alicyclic amines) is 1. The molecule has 1 aliphatic heterocycles. The van der Waals surface area contributed by atoms with Crippen LogP contribution in [-0.2, 0) is 10.0 Å². The van der Waals surface area contributed by atoms with Gasteiger partial charge in [0.1, 0.15) is 5.69 Å². The van der Waals surface area contributed by atoms with Crippen molar-refractivity contribution in [3.63, 3.8) is 0 Å². The summed E-state index contributed by atoms with van der Waals surface area (Å²) < 4.78 is 22.6. The van der Waals surface area contributed by atoms with E-state index in [1.165, 1.54) is 12.1 Å². The van der Waals surface area contributed by atoms with Crippen LogP contribution in [0.2, 0.25) is 0 Å². The summed E-state index contributed by atoms with van der Waals surface area (Å²) in [5.41, 5.74) is 0.0421. The fourth-order valence-electron chi connectivity index (χ4n) is 2.64. The molecule has 0 aromatic heterocycles. The standard InChI is InChI=1S/C13H20N4O4S/c1-2-16-7-3-4-10(9-16)15-12-6-5-11(22(14,20)21)8-13(12)17(18)19/h5-6,8,10,15H,2-4,7,9H2,1H3,(H2,14,20,21)/t10-/m0/s1. The number of piperidine rings is 1. The van der Waals surface area contributed by atoms with Crippen molar-refractivity contribution in [3.05, 3.63) is 28.3 Å². The Morgan fingerprint density at radius 2 is 2.23 bits per heavy atom. The summed E-state index contributed by atoms with van der Waals surface area (Å²) in [5, 5.41) is 19.4. The normalized spacial score (nSPS) is 19.8. The van der Waals surface area contributed by atoms with Gasteiger partial charge >= 0.3 is 0 Å². The van der Waals surface area contributed by atoms with Gasteiger partial charge in [-0.05, 0) is 38.1 Å². The third kappa shape index (κ3) is 3.93. The van der Waals surface area contributed by atoms with Crippen LogP contribution in [0.3, 0.4) is 0 Å². The van der Waals surface area contributed by atoms with Crippen molar-refractivity contribution in [2.24, 2.45) is 5.14 Å². The zero-order valence-corrected chi connectivity index (χ0v) is 13.2. The third-order valence-corrected chi connectivity index (χ3v) is 4.72. The van der Waals surface area contributed by atoms with Gasteiger partial charge in [-0.25, -0.2) is 13.6 Å². The first-order valence-corrected chi connectivity index (χ1v) is 8.66. The number of hydrogen-bond donors (Lipinski definition) is 2. The first-order valence-electron chi connectivity index (χ1n) is 7.11. The molecular weight excluding hydrogens is 308 g/mol. The summed E-state index contributed by atoms with van der Waals surface area (Å²) in [6.45, 7) is 4.85. The van der Waals surface area contributed by atoms with Crippen molar-refractivity contribution in [3.8, 4) is 0 Å². The van der Waals surface area contributed by atoms with Gasteiger partial charge in [0, 0.05) is 18.7 Å². The topological polar surface area (TPSA) is 119 Å². The predicted molar refractivity (Wildman–Crippen MR) is 83.2 cm³/mol. The zero-order chi connectivity index (χ0) is 16.3. The average Bonchev–Trinajstić information content (AvgIpc) is 2.46. The number of likely N-dealkylation sites (N-methyl/N-ethyl adjacent to an activating group) is 1. The Bertz CT molecular complexity index is 662. The van der Waals surface area contributed by atoms with E-state index in [2.05, 4.69) is 17.1 Å². The maximum absolute atomic E-state index is 11.3. The Balaban J connectivity index is 2.25. The van der Waals surface area contributed by atoms with E-state index in [9.17, 15) is 18.5 Å². The lowest BCUT2D eigenvalue weighted by atomic mass is 10.1. The first kappa shape index (κ1) is 16.7. The number of nitrogens with one attached hydrogen (secondary N) is 1. The monoisotopic (exact) mass is 328 g/mol. The summed E-state index contributed by atoms with van der Waals surface area (Å²) in [7, 11) is -3.96. The molecule has 0 amide bonds. The fraction of sp³-hybridized carbons (Fsp3) is 0.538. The van der Waals surface area contributed by atoms with Crippen molar-refractivity contribution in [1.82, 2.24) is 4.90 Å². The lowest BCUT2D eigenvalue weighted by molar-refractivity contribution is -0.384. The van der Waals surface area contributed by atoms with Crippen LogP contribution in [0.5, 0.6) is 0 Å². The number of primary sulfonamides is 1. The van der Waals surface area contributed by atoms with Crippen LogP contribution in [0.25, 0.3) is 0 Å². The van der Waals surface area contributed by atoms with Gasteiger partial charge in [0.25, 0.3) is 5.69 Å². The maximum atomic E-state index is 11.3. The molecule has 1 fully saturated rings. The van der Waals surface area contributed by atoms with E-state index in [4.69, 9.17) is 5.14 Å². The second-order valence-corrected chi connectivity index (χ2v) is 6.92. The van der Waals surface area contributed by atoms with E-state index in [-0.39, 0.29) is 16.6 Å². The molecule has 0 radical (unpaired) electrons. The smallest absolute Gasteiger partial charge is 0.293 e. The summed E-state index contributed by atoms with van der Waals surface area (Å²) in [6, 6.07) is 3.79. The van der Waals surface area contributed by atoms with E-state index < -0.39 is 14.9 Å². The highest BCUT2D eigenvalue weighted by atomic mass is 32.2. The zero-order valence-electron chi connectivity index (χ0n) is 12.4. The van der Waals surface area contributed by atoms with Crippen LogP contribution in [0.15, 0.2) is 23.1 Å². The molecule has 0 saturated carbocycles. The summed E-state index contributed by atoms with van der Waals surface area (Å²) in [6.07, 6.45) is 1.94. The summed E-state index contributed by atoms with van der Waals surface area (Å²) in [5.74, 6) is 0. The average molecular weight is 328 g/mol. The first-order chi connectivity index (χ1) is 10.3. The van der Waals surface area contributed by atoms with Gasteiger partial charge in [0.2, 0.25) is 10.0 Å². The number of hydrogen-bond acceptors (Lipinski definition) is 6. The van der Waals surface area contributed by atoms with Crippen molar-refractivity contribution in [1.29, 1.82) is 0 Å². The Labute approximate surface area is 129 Å². The van der Waals surface area contributed by atoms with Gasteiger partial charge in [-0.3, -0.25) is 10.1 Å².